The van der Waals surface area contributed by atoms with Crippen LogP contribution in [0.1, 0.15) is 26.7 Å². The van der Waals surface area contributed by atoms with E-state index in [1.807, 2.05) is 4.90 Å². The van der Waals surface area contributed by atoms with Crippen molar-refractivity contribution in [1.29, 1.82) is 0 Å². The summed E-state index contributed by atoms with van der Waals surface area (Å²) >= 11 is 0. The number of aliphatic hydroxyl groups excluding tert-OH is 1. The summed E-state index contributed by atoms with van der Waals surface area (Å²) in [5.41, 5.74) is -0.0179. The molecule has 3 rings (SSSR count). The lowest BCUT2D eigenvalue weighted by molar-refractivity contribution is -0.136. The van der Waals surface area contributed by atoms with Crippen LogP contribution in [-0.4, -0.2) is 34.1 Å². The van der Waals surface area contributed by atoms with Crippen molar-refractivity contribution in [3.8, 4) is 0 Å². The Morgan fingerprint density at radius 2 is 2.07 bits per heavy atom. The van der Waals surface area contributed by atoms with Gasteiger partial charge in [-0.15, -0.1) is 0 Å². The molecule has 2 saturated heterocycles. The molecule has 0 bridgehead atoms. The fraction of sp³-hybridized carbons (Fsp3) is 0.909. The number of carbonyl (C=O) groups is 1. The molecule has 0 aromatic heterocycles. The number of rotatable bonds is 0. The van der Waals surface area contributed by atoms with Gasteiger partial charge in [-0.25, -0.2) is 0 Å². The zero-order chi connectivity index (χ0) is 10.1. The van der Waals surface area contributed by atoms with Gasteiger partial charge in [-0.05, 0) is 31.6 Å². The van der Waals surface area contributed by atoms with E-state index < -0.39 is 6.10 Å². The van der Waals surface area contributed by atoms with Crippen LogP contribution in [0.15, 0.2) is 0 Å². The highest BCUT2D eigenvalue weighted by Gasteiger charge is 2.66. The second-order valence-corrected chi connectivity index (χ2v) is 5.39. The fourth-order valence-electron chi connectivity index (χ4n) is 4.23. The second kappa shape index (κ2) is 2.32. The Morgan fingerprint density at radius 1 is 1.43 bits per heavy atom. The number of carbonyl (C=O) groups excluding carboxylic acids is 1. The summed E-state index contributed by atoms with van der Waals surface area (Å²) in [7, 11) is 0. The maximum absolute atomic E-state index is 11.8. The summed E-state index contributed by atoms with van der Waals surface area (Å²) in [6.07, 6.45) is 1.50. The van der Waals surface area contributed by atoms with E-state index in [0.717, 1.165) is 13.0 Å². The average molecular weight is 195 g/mol. The zero-order valence-corrected chi connectivity index (χ0v) is 8.73. The van der Waals surface area contributed by atoms with E-state index in [1.165, 1.54) is 6.42 Å². The lowest BCUT2D eigenvalue weighted by atomic mass is 9.80. The van der Waals surface area contributed by atoms with Crippen molar-refractivity contribution < 1.29 is 9.90 Å². The van der Waals surface area contributed by atoms with Crippen molar-refractivity contribution in [2.24, 2.45) is 17.8 Å². The Balaban J connectivity index is 2.09. The molecule has 1 saturated carbocycles. The summed E-state index contributed by atoms with van der Waals surface area (Å²) in [4.78, 5) is 13.8. The molecule has 3 nitrogen and oxygen atoms in total. The maximum atomic E-state index is 11.8. The molecule has 0 radical (unpaired) electrons. The third-order valence-electron chi connectivity index (χ3n) is 4.93. The minimum Gasteiger partial charge on any atom is -0.383 e. The smallest absolute Gasteiger partial charge is 0.252 e. The van der Waals surface area contributed by atoms with E-state index in [-0.39, 0.29) is 17.4 Å². The van der Waals surface area contributed by atoms with Crippen molar-refractivity contribution in [2.45, 2.75) is 38.3 Å². The van der Waals surface area contributed by atoms with Crippen molar-refractivity contribution >= 4 is 5.91 Å². The quantitative estimate of drug-likeness (QED) is 0.615. The molecule has 0 aromatic carbocycles. The summed E-state index contributed by atoms with van der Waals surface area (Å²) < 4.78 is 0. The Hall–Kier alpha value is -0.570. The summed E-state index contributed by atoms with van der Waals surface area (Å²) in [5.74, 6) is 1.41. The van der Waals surface area contributed by atoms with Gasteiger partial charge >= 0.3 is 0 Å². The van der Waals surface area contributed by atoms with E-state index >= 15 is 0 Å². The largest absolute Gasteiger partial charge is 0.383 e. The van der Waals surface area contributed by atoms with E-state index in [2.05, 4.69) is 13.8 Å². The van der Waals surface area contributed by atoms with E-state index in [0.29, 0.717) is 11.8 Å². The SMILES string of the molecule is CC1CN2C(=O)C(O)C3CCC1C32C. The predicted octanol–water partition coefficient (Wildman–Crippen LogP) is 0.624. The first-order chi connectivity index (χ1) is 6.56. The summed E-state index contributed by atoms with van der Waals surface area (Å²) in [6, 6.07) is 0. The van der Waals surface area contributed by atoms with Gasteiger partial charge in [-0.3, -0.25) is 4.79 Å². The van der Waals surface area contributed by atoms with Crippen LogP contribution in [-0.2, 0) is 4.79 Å². The molecular weight excluding hydrogens is 178 g/mol. The normalized spacial score (nSPS) is 55.6. The Morgan fingerprint density at radius 3 is 2.79 bits per heavy atom. The van der Waals surface area contributed by atoms with Gasteiger partial charge in [0.05, 0.1) is 0 Å². The molecule has 1 amide bonds. The van der Waals surface area contributed by atoms with Crippen LogP contribution in [0.4, 0.5) is 0 Å². The van der Waals surface area contributed by atoms with Gasteiger partial charge in [-0.2, -0.15) is 0 Å². The molecule has 0 aromatic rings. The average Bonchev–Trinajstić information content (AvgIpc) is 2.65. The van der Waals surface area contributed by atoms with Crippen molar-refractivity contribution in [1.82, 2.24) is 4.90 Å². The van der Waals surface area contributed by atoms with Crippen LogP contribution < -0.4 is 0 Å². The van der Waals surface area contributed by atoms with Gasteiger partial charge in [-0.1, -0.05) is 6.92 Å². The highest BCUT2D eigenvalue weighted by molar-refractivity contribution is 5.85. The molecule has 5 unspecified atom stereocenters. The van der Waals surface area contributed by atoms with Gasteiger partial charge < -0.3 is 10.0 Å². The molecule has 5 atom stereocenters. The van der Waals surface area contributed by atoms with Crippen LogP contribution in [0.25, 0.3) is 0 Å². The van der Waals surface area contributed by atoms with Gasteiger partial charge in [0.2, 0.25) is 0 Å². The zero-order valence-electron chi connectivity index (χ0n) is 8.73. The first-order valence-electron chi connectivity index (χ1n) is 5.56. The first-order valence-corrected chi connectivity index (χ1v) is 5.56. The molecule has 3 heteroatoms. The number of hydrogen-bond donors (Lipinski definition) is 1. The van der Waals surface area contributed by atoms with E-state index in [1.54, 1.807) is 0 Å². The topological polar surface area (TPSA) is 40.5 Å². The van der Waals surface area contributed by atoms with E-state index in [9.17, 15) is 9.90 Å². The third kappa shape index (κ3) is 0.691. The van der Waals surface area contributed by atoms with Gasteiger partial charge in [0.25, 0.3) is 5.91 Å². The van der Waals surface area contributed by atoms with Gasteiger partial charge in [0, 0.05) is 18.0 Å². The van der Waals surface area contributed by atoms with Crippen LogP contribution in [0, 0.1) is 17.8 Å². The molecule has 2 heterocycles. The van der Waals surface area contributed by atoms with Crippen molar-refractivity contribution in [3.63, 3.8) is 0 Å². The van der Waals surface area contributed by atoms with Crippen LogP contribution in [0.5, 0.6) is 0 Å². The lowest BCUT2D eigenvalue weighted by Gasteiger charge is -2.31. The number of aliphatic hydroxyl groups is 1. The molecule has 2 aliphatic heterocycles. The highest BCUT2D eigenvalue weighted by Crippen LogP contribution is 2.57. The minimum atomic E-state index is -0.711. The Labute approximate surface area is 84.1 Å². The molecule has 1 aliphatic carbocycles. The second-order valence-electron chi connectivity index (χ2n) is 5.39. The van der Waals surface area contributed by atoms with Crippen molar-refractivity contribution in [3.05, 3.63) is 0 Å². The van der Waals surface area contributed by atoms with Gasteiger partial charge in [0.1, 0.15) is 6.10 Å². The lowest BCUT2D eigenvalue weighted by Crippen LogP contribution is -2.42. The highest BCUT2D eigenvalue weighted by atomic mass is 16.3. The minimum absolute atomic E-state index is 0.0179. The molecule has 1 N–H and O–H groups in total. The molecule has 0 spiro atoms. The fourth-order valence-corrected chi connectivity index (χ4v) is 4.23. The Kier molecular flexibility index (Phi) is 1.45. The molecule has 14 heavy (non-hydrogen) atoms. The summed E-state index contributed by atoms with van der Waals surface area (Å²) in [6.45, 7) is 5.26. The molecular formula is C11H17NO2. The number of hydrogen-bond acceptors (Lipinski definition) is 2. The van der Waals surface area contributed by atoms with Crippen LogP contribution in [0.2, 0.25) is 0 Å². The standard InChI is InChI=1S/C11H17NO2/c1-6-5-12-10(14)9(13)8-4-3-7(6)11(8,12)2/h6-9,13H,3-5H2,1-2H3. The van der Waals surface area contributed by atoms with Crippen LogP contribution in [0.3, 0.4) is 0 Å². The number of amides is 1. The summed E-state index contributed by atoms with van der Waals surface area (Å²) in [5, 5.41) is 9.85. The first kappa shape index (κ1) is 8.72. The molecule has 78 valence electrons. The van der Waals surface area contributed by atoms with Crippen molar-refractivity contribution in [2.75, 3.05) is 6.54 Å². The molecule has 3 fully saturated rings. The maximum Gasteiger partial charge on any atom is 0.252 e. The monoisotopic (exact) mass is 195 g/mol. The number of nitrogens with zero attached hydrogens (tertiary/aromatic N) is 1. The molecule has 3 aliphatic rings. The van der Waals surface area contributed by atoms with Gasteiger partial charge in [0.15, 0.2) is 0 Å². The Bertz CT molecular complexity index is 304. The van der Waals surface area contributed by atoms with E-state index in [4.69, 9.17) is 0 Å². The van der Waals surface area contributed by atoms with Crippen LogP contribution >= 0.6 is 0 Å². The predicted molar refractivity (Wildman–Crippen MR) is 51.5 cm³/mol. The third-order valence-corrected chi connectivity index (χ3v) is 4.93.